The van der Waals surface area contributed by atoms with Gasteiger partial charge in [-0.2, -0.15) is 0 Å². The van der Waals surface area contributed by atoms with Crippen molar-refractivity contribution in [3.05, 3.63) is 35.4 Å². The van der Waals surface area contributed by atoms with Crippen molar-refractivity contribution in [1.29, 1.82) is 0 Å². The fourth-order valence-corrected chi connectivity index (χ4v) is 2.18. The van der Waals surface area contributed by atoms with Crippen LogP contribution in [0, 0.1) is 0 Å². The Balaban J connectivity index is 2.37. The van der Waals surface area contributed by atoms with E-state index in [0.717, 1.165) is 5.56 Å². The van der Waals surface area contributed by atoms with Gasteiger partial charge in [-0.25, -0.2) is 0 Å². The molecule has 0 fully saturated rings. The van der Waals surface area contributed by atoms with Gasteiger partial charge in [-0.1, -0.05) is 50.8 Å². The number of carbonyl (C=O) groups is 1. The van der Waals surface area contributed by atoms with Crippen molar-refractivity contribution in [1.82, 2.24) is 5.32 Å². The molecule has 0 saturated heterocycles. The molecule has 3 nitrogen and oxygen atoms in total. The van der Waals surface area contributed by atoms with Crippen molar-refractivity contribution >= 4 is 5.91 Å². The third-order valence-electron chi connectivity index (χ3n) is 3.41. The van der Waals surface area contributed by atoms with E-state index in [4.69, 9.17) is 5.73 Å². The average Bonchev–Trinajstić information content (AvgIpc) is 2.41. The monoisotopic (exact) mass is 262 g/mol. The third kappa shape index (κ3) is 5.88. The predicted molar refractivity (Wildman–Crippen MR) is 80.0 cm³/mol. The van der Waals surface area contributed by atoms with Crippen LogP contribution in [0.4, 0.5) is 0 Å². The highest BCUT2D eigenvalue weighted by Gasteiger charge is 2.08. The molecule has 1 aromatic rings. The number of unbranched alkanes of at least 4 members (excludes halogenated alkanes) is 3. The van der Waals surface area contributed by atoms with Gasteiger partial charge in [-0.05, 0) is 25.0 Å². The van der Waals surface area contributed by atoms with Crippen molar-refractivity contribution in [2.75, 3.05) is 0 Å². The molecule has 1 rings (SSSR count). The fourth-order valence-electron chi connectivity index (χ4n) is 2.18. The van der Waals surface area contributed by atoms with E-state index in [9.17, 15) is 4.79 Å². The standard InChI is InChI=1S/C16H26N2O/c1-3-4-5-6-9-13(2)18-12-14-10-7-8-11-15(14)16(17)19/h7-8,10-11,13,18H,3-6,9,12H2,1-2H3,(H2,17,19). The normalized spacial score (nSPS) is 12.3. The number of carbonyl (C=O) groups excluding carboxylic acids is 1. The lowest BCUT2D eigenvalue weighted by Crippen LogP contribution is -2.27. The zero-order valence-electron chi connectivity index (χ0n) is 12.1. The van der Waals surface area contributed by atoms with E-state index in [1.165, 1.54) is 32.1 Å². The molecule has 1 unspecified atom stereocenters. The minimum atomic E-state index is -0.354. The molecule has 0 heterocycles. The average molecular weight is 262 g/mol. The minimum Gasteiger partial charge on any atom is -0.366 e. The van der Waals surface area contributed by atoms with E-state index in [2.05, 4.69) is 19.2 Å². The highest BCUT2D eigenvalue weighted by atomic mass is 16.1. The molecule has 3 N–H and O–H groups in total. The van der Waals surface area contributed by atoms with Gasteiger partial charge >= 0.3 is 0 Å². The summed E-state index contributed by atoms with van der Waals surface area (Å²) in [5, 5.41) is 3.46. The molecule has 0 bridgehead atoms. The van der Waals surface area contributed by atoms with Gasteiger partial charge in [0.2, 0.25) is 5.91 Å². The van der Waals surface area contributed by atoms with E-state index >= 15 is 0 Å². The van der Waals surface area contributed by atoms with Gasteiger partial charge in [0, 0.05) is 18.2 Å². The first-order chi connectivity index (χ1) is 9.15. The number of rotatable bonds is 9. The topological polar surface area (TPSA) is 55.1 Å². The zero-order chi connectivity index (χ0) is 14.1. The molecule has 3 heteroatoms. The Morgan fingerprint density at radius 3 is 2.68 bits per heavy atom. The van der Waals surface area contributed by atoms with Crippen LogP contribution in [0.5, 0.6) is 0 Å². The van der Waals surface area contributed by atoms with E-state index < -0.39 is 0 Å². The maximum atomic E-state index is 11.3. The summed E-state index contributed by atoms with van der Waals surface area (Å²) in [6, 6.07) is 7.99. The number of primary amides is 1. The Labute approximate surface area is 116 Å². The minimum absolute atomic E-state index is 0.354. The summed E-state index contributed by atoms with van der Waals surface area (Å²) >= 11 is 0. The first-order valence-corrected chi connectivity index (χ1v) is 7.26. The number of benzene rings is 1. The Morgan fingerprint density at radius 2 is 2.00 bits per heavy atom. The molecule has 0 aromatic heterocycles. The fraction of sp³-hybridized carbons (Fsp3) is 0.562. The van der Waals surface area contributed by atoms with Crippen LogP contribution in [0.25, 0.3) is 0 Å². The van der Waals surface area contributed by atoms with Crippen LogP contribution in [0.15, 0.2) is 24.3 Å². The lowest BCUT2D eigenvalue weighted by Gasteiger charge is -2.15. The molecular weight excluding hydrogens is 236 g/mol. The molecule has 0 saturated carbocycles. The predicted octanol–water partition coefficient (Wildman–Crippen LogP) is 3.23. The van der Waals surface area contributed by atoms with Gasteiger partial charge in [0.1, 0.15) is 0 Å². The lowest BCUT2D eigenvalue weighted by molar-refractivity contribution is 0.0999. The molecular formula is C16H26N2O. The molecule has 0 aliphatic rings. The highest BCUT2D eigenvalue weighted by Crippen LogP contribution is 2.10. The van der Waals surface area contributed by atoms with Crippen LogP contribution < -0.4 is 11.1 Å². The van der Waals surface area contributed by atoms with Crippen molar-refractivity contribution in [3.63, 3.8) is 0 Å². The molecule has 0 aliphatic carbocycles. The lowest BCUT2D eigenvalue weighted by atomic mass is 10.1. The van der Waals surface area contributed by atoms with Crippen molar-refractivity contribution in [2.45, 2.75) is 58.5 Å². The summed E-state index contributed by atoms with van der Waals surface area (Å²) < 4.78 is 0. The largest absolute Gasteiger partial charge is 0.366 e. The third-order valence-corrected chi connectivity index (χ3v) is 3.41. The van der Waals surface area contributed by atoms with E-state index in [-0.39, 0.29) is 5.91 Å². The number of hydrogen-bond acceptors (Lipinski definition) is 2. The second-order valence-electron chi connectivity index (χ2n) is 5.15. The maximum absolute atomic E-state index is 11.3. The molecule has 1 atom stereocenters. The second kappa shape index (κ2) is 8.70. The van der Waals surface area contributed by atoms with Gasteiger partial charge in [0.25, 0.3) is 0 Å². The van der Waals surface area contributed by atoms with Crippen LogP contribution >= 0.6 is 0 Å². The van der Waals surface area contributed by atoms with Crippen LogP contribution in [0.1, 0.15) is 61.9 Å². The number of amides is 1. The summed E-state index contributed by atoms with van der Waals surface area (Å²) in [5.74, 6) is -0.354. The Hall–Kier alpha value is -1.35. The van der Waals surface area contributed by atoms with Crippen LogP contribution in [0.3, 0.4) is 0 Å². The molecule has 0 spiro atoms. The van der Waals surface area contributed by atoms with Gasteiger partial charge in [-0.3, -0.25) is 4.79 Å². The van der Waals surface area contributed by atoms with Crippen molar-refractivity contribution in [2.24, 2.45) is 5.73 Å². The van der Waals surface area contributed by atoms with Crippen molar-refractivity contribution in [3.8, 4) is 0 Å². The zero-order valence-corrected chi connectivity index (χ0v) is 12.1. The highest BCUT2D eigenvalue weighted by molar-refractivity contribution is 5.94. The van der Waals surface area contributed by atoms with E-state index in [1.807, 2.05) is 18.2 Å². The van der Waals surface area contributed by atoms with Gasteiger partial charge in [0.05, 0.1) is 0 Å². The Morgan fingerprint density at radius 1 is 1.26 bits per heavy atom. The van der Waals surface area contributed by atoms with Gasteiger partial charge in [0.15, 0.2) is 0 Å². The molecule has 106 valence electrons. The summed E-state index contributed by atoms with van der Waals surface area (Å²) in [6.45, 7) is 5.12. The molecule has 0 radical (unpaired) electrons. The summed E-state index contributed by atoms with van der Waals surface area (Å²) in [4.78, 5) is 11.3. The first-order valence-electron chi connectivity index (χ1n) is 7.26. The maximum Gasteiger partial charge on any atom is 0.249 e. The Bertz CT molecular complexity index is 390. The van der Waals surface area contributed by atoms with Crippen LogP contribution in [-0.4, -0.2) is 11.9 Å². The number of nitrogens with one attached hydrogen (secondary N) is 1. The molecule has 1 amide bonds. The van der Waals surface area contributed by atoms with E-state index in [0.29, 0.717) is 18.2 Å². The number of nitrogens with two attached hydrogens (primary N) is 1. The molecule has 19 heavy (non-hydrogen) atoms. The number of hydrogen-bond donors (Lipinski definition) is 2. The first kappa shape index (κ1) is 15.7. The second-order valence-corrected chi connectivity index (χ2v) is 5.15. The summed E-state index contributed by atoms with van der Waals surface area (Å²) in [7, 11) is 0. The SMILES string of the molecule is CCCCCCC(C)NCc1ccccc1C(N)=O. The summed E-state index contributed by atoms with van der Waals surface area (Å²) in [5.41, 5.74) is 6.97. The van der Waals surface area contributed by atoms with Gasteiger partial charge in [-0.15, -0.1) is 0 Å². The molecule has 0 aliphatic heterocycles. The van der Waals surface area contributed by atoms with Crippen LogP contribution in [0.2, 0.25) is 0 Å². The van der Waals surface area contributed by atoms with E-state index in [1.54, 1.807) is 6.07 Å². The van der Waals surface area contributed by atoms with Gasteiger partial charge < -0.3 is 11.1 Å². The smallest absolute Gasteiger partial charge is 0.249 e. The Kier molecular flexibility index (Phi) is 7.19. The summed E-state index contributed by atoms with van der Waals surface area (Å²) in [6.07, 6.45) is 6.34. The molecule has 1 aromatic carbocycles. The van der Waals surface area contributed by atoms with Crippen LogP contribution in [-0.2, 0) is 6.54 Å². The van der Waals surface area contributed by atoms with Crippen molar-refractivity contribution < 1.29 is 4.79 Å². The quantitative estimate of drug-likeness (QED) is 0.671.